The van der Waals surface area contributed by atoms with Gasteiger partial charge in [-0.1, -0.05) is 0 Å². The zero-order chi connectivity index (χ0) is 10.2. The summed E-state index contributed by atoms with van der Waals surface area (Å²) < 4.78 is 5.55. The lowest BCUT2D eigenvalue weighted by Gasteiger charge is -2.15. The van der Waals surface area contributed by atoms with E-state index in [-0.39, 0.29) is 0 Å². The van der Waals surface area contributed by atoms with E-state index in [9.17, 15) is 0 Å². The highest BCUT2D eigenvalue weighted by Crippen LogP contribution is 2.16. The van der Waals surface area contributed by atoms with Gasteiger partial charge in [0.05, 0.1) is 12.2 Å². The molecule has 0 bridgehead atoms. The molecule has 1 fully saturated rings. The summed E-state index contributed by atoms with van der Waals surface area (Å²) in [5, 5.41) is 8.42. The van der Waals surface area contributed by atoms with Crippen LogP contribution in [0, 0.1) is 11.3 Å². The van der Waals surface area contributed by atoms with Crippen LogP contribution in [-0.2, 0) is 4.74 Å². The Bertz CT molecular complexity index is 182. The van der Waals surface area contributed by atoms with E-state index in [0.29, 0.717) is 12.5 Å². The molecule has 0 N–H and O–H groups in total. The van der Waals surface area contributed by atoms with Crippen molar-refractivity contribution in [2.75, 3.05) is 26.7 Å². The lowest BCUT2D eigenvalue weighted by Crippen LogP contribution is -2.21. The molecule has 0 aliphatic carbocycles. The largest absolute Gasteiger partial charge is 0.378 e. The summed E-state index contributed by atoms with van der Waals surface area (Å²) in [6.07, 6.45) is 5.98. The molecule has 14 heavy (non-hydrogen) atoms. The maximum absolute atomic E-state index is 8.42. The molecule has 0 saturated carbocycles. The number of ether oxygens (including phenoxy) is 1. The minimum atomic E-state index is 0.513. The van der Waals surface area contributed by atoms with Crippen LogP contribution in [-0.4, -0.2) is 37.7 Å². The molecular weight excluding hydrogens is 176 g/mol. The predicted molar refractivity (Wildman–Crippen MR) is 55.9 cm³/mol. The summed E-state index contributed by atoms with van der Waals surface area (Å²) in [5.41, 5.74) is 0. The second-order valence-corrected chi connectivity index (χ2v) is 3.99. The summed E-state index contributed by atoms with van der Waals surface area (Å²) in [5.74, 6) is 0. The Labute approximate surface area is 86.6 Å². The first kappa shape index (κ1) is 11.5. The van der Waals surface area contributed by atoms with Crippen molar-refractivity contribution in [3.8, 4) is 6.07 Å². The Balaban J connectivity index is 1.94. The first-order chi connectivity index (χ1) is 6.83. The minimum absolute atomic E-state index is 0.513. The minimum Gasteiger partial charge on any atom is -0.378 e. The maximum Gasteiger partial charge on any atom is 0.0635 e. The Morgan fingerprint density at radius 3 is 3.00 bits per heavy atom. The SMILES string of the molecule is CN(CCC#N)CCCC1CCCO1. The summed E-state index contributed by atoms with van der Waals surface area (Å²) in [7, 11) is 2.08. The molecular formula is C11H20N2O. The average molecular weight is 196 g/mol. The van der Waals surface area contributed by atoms with Crippen molar-refractivity contribution in [3.63, 3.8) is 0 Å². The number of nitriles is 1. The van der Waals surface area contributed by atoms with Crippen molar-refractivity contribution in [2.24, 2.45) is 0 Å². The van der Waals surface area contributed by atoms with Gasteiger partial charge < -0.3 is 9.64 Å². The first-order valence-corrected chi connectivity index (χ1v) is 5.50. The molecule has 1 unspecified atom stereocenters. The van der Waals surface area contributed by atoms with Crippen molar-refractivity contribution in [3.05, 3.63) is 0 Å². The molecule has 3 nitrogen and oxygen atoms in total. The smallest absolute Gasteiger partial charge is 0.0635 e. The van der Waals surface area contributed by atoms with Gasteiger partial charge in [0.1, 0.15) is 0 Å². The molecule has 0 aromatic heterocycles. The van der Waals surface area contributed by atoms with Crippen LogP contribution in [0.3, 0.4) is 0 Å². The van der Waals surface area contributed by atoms with Crippen molar-refractivity contribution < 1.29 is 4.74 Å². The fourth-order valence-electron chi connectivity index (χ4n) is 1.81. The molecule has 0 spiro atoms. The Hall–Kier alpha value is -0.590. The molecule has 0 radical (unpaired) electrons. The molecule has 1 heterocycles. The molecule has 1 saturated heterocycles. The summed E-state index contributed by atoms with van der Waals surface area (Å²) in [6, 6.07) is 2.16. The van der Waals surface area contributed by atoms with Crippen molar-refractivity contribution in [1.29, 1.82) is 5.26 Å². The monoisotopic (exact) mass is 196 g/mol. The van der Waals surface area contributed by atoms with Gasteiger partial charge in [0.2, 0.25) is 0 Å². The molecule has 1 rings (SSSR count). The highest BCUT2D eigenvalue weighted by molar-refractivity contribution is 4.71. The average Bonchev–Trinajstić information content (AvgIpc) is 2.67. The van der Waals surface area contributed by atoms with Gasteiger partial charge in [-0.3, -0.25) is 0 Å². The van der Waals surface area contributed by atoms with E-state index in [1.807, 2.05) is 0 Å². The van der Waals surface area contributed by atoms with Gasteiger partial charge in [-0.25, -0.2) is 0 Å². The molecule has 80 valence electrons. The second-order valence-electron chi connectivity index (χ2n) is 3.99. The van der Waals surface area contributed by atoms with Crippen LogP contribution >= 0.6 is 0 Å². The molecule has 1 atom stereocenters. The van der Waals surface area contributed by atoms with Crippen molar-refractivity contribution in [1.82, 2.24) is 4.90 Å². The van der Waals surface area contributed by atoms with Gasteiger partial charge in [-0.15, -0.1) is 0 Å². The number of hydrogen-bond donors (Lipinski definition) is 0. The second kappa shape index (κ2) is 6.80. The Morgan fingerprint density at radius 2 is 2.36 bits per heavy atom. The van der Waals surface area contributed by atoms with E-state index < -0.39 is 0 Å². The van der Waals surface area contributed by atoms with Crippen LogP contribution < -0.4 is 0 Å². The quantitative estimate of drug-likeness (QED) is 0.650. The topological polar surface area (TPSA) is 36.3 Å². The van der Waals surface area contributed by atoms with E-state index in [1.165, 1.54) is 25.7 Å². The van der Waals surface area contributed by atoms with E-state index >= 15 is 0 Å². The summed E-state index contributed by atoms with van der Waals surface area (Å²) >= 11 is 0. The zero-order valence-corrected chi connectivity index (χ0v) is 9.04. The lowest BCUT2D eigenvalue weighted by atomic mass is 10.1. The third-order valence-electron chi connectivity index (χ3n) is 2.70. The number of nitrogens with zero attached hydrogens (tertiary/aromatic N) is 2. The highest BCUT2D eigenvalue weighted by atomic mass is 16.5. The van der Waals surface area contributed by atoms with Crippen molar-refractivity contribution >= 4 is 0 Å². The molecule has 0 aromatic carbocycles. The molecule has 1 aliphatic rings. The molecule has 3 heteroatoms. The van der Waals surface area contributed by atoms with Crippen LogP contribution in [0.4, 0.5) is 0 Å². The number of rotatable bonds is 6. The van der Waals surface area contributed by atoms with Crippen LogP contribution in [0.15, 0.2) is 0 Å². The van der Waals surface area contributed by atoms with E-state index in [4.69, 9.17) is 10.00 Å². The van der Waals surface area contributed by atoms with Gasteiger partial charge in [0.25, 0.3) is 0 Å². The first-order valence-electron chi connectivity index (χ1n) is 5.50. The van der Waals surface area contributed by atoms with Gasteiger partial charge in [-0.2, -0.15) is 5.26 Å². The molecule has 0 amide bonds. The summed E-state index contributed by atoms with van der Waals surface area (Å²) in [4.78, 5) is 2.22. The van der Waals surface area contributed by atoms with Crippen LogP contribution in [0.25, 0.3) is 0 Å². The summed E-state index contributed by atoms with van der Waals surface area (Å²) in [6.45, 7) is 2.93. The zero-order valence-electron chi connectivity index (χ0n) is 9.04. The normalized spacial score (nSPS) is 21.4. The highest BCUT2D eigenvalue weighted by Gasteiger charge is 2.14. The van der Waals surface area contributed by atoms with E-state index in [2.05, 4.69) is 18.0 Å². The van der Waals surface area contributed by atoms with E-state index in [0.717, 1.165) is 19.7 Å². The van der Waals surface area contributed by atoms with E-state index in [1.54, 1.807) is 0 Å². The number of hydrogen-bond acceptors (Lipinski definition) is 3. The lowest BCUT2D eigenvalue weighted by molar-refractivity contribution is 0.0998. The van der Waals surface area contributed by atoms with Crippen LogP contribution in [0.2, 0.25) is 0 Å². The van der Waals surface area contributed by atoms with Gasteiger partial charge in [-0.05, 0) is 39.3 Å². The molecule has 0 aromatic rings. The maximum atomic E-state index is 8.42. The van der Waals surface area contributed by atoms with Gasteiger partial charge in [0.15, 0.2) is 0 Å². The Morgan fingerprint density at radius 1 is 1.50 bits per heavy atom. The van der Waals surface area contributed by atoms with Gasteiger partial charge >= 0.3 is 0 Å². The van der Waals surface area contributed by atoms with Crippen molar-refractivity contribution in [2.45, 2.75) is 38.2 Å². The van der Waals surface area contributed by atoms with Crippen LogP contribution in [0.1, 0.15) is 32.1 Å². The fourth-order valence-corrected chi connectivity index (χ4v) is 1.81. The Kier molecular flexibility index (Phi) is 5.58. The van der Waals surface area contributed by atoms with Gasteiger partial charge in [0, 0.05) is 19.6 Å². The third kappa shape index (κ3) is 4.59. The molecule has 1 aliphatic heterocycles. The predicted octanol–water partition coefficient (Wildman–Crippen LogP) is 1.79. The fraction of sp³-hybridized carbons (Fsp3) is 0.909. The standard InChI is InChI=1S/C11H20N2O/c1-13(9-4-7-12)8-2-5-11-6-3-10-14-11/h11H,2-6,8-10H2,1H3. The van der Waals surface area contributed by atoms with Crippen LogP contribution in [0.5, 0.6) is 0 Å². The third-order valence-corrected chi connectivity index (χ3v) is 2.70.